The maximum atomic E-state index is 12.5. The summed E-state index contributed by atoms with van der Waals surface area (Å²) in [6.45, 7) is 6.94. The molecule has 9 heteroatoms. The second kappa shape index (κ2) is 12.6. The fourth-order valence-electron chi connectivity index (χ4n) is 5.82. The van der Waals surface area contributed by atoms with Gasteiger partial charge < -0.3 is 25.2 Å². The van der Waals surface area contributed by atoms with Gasteiger partial charge in [-0.3, -0.25) is 4.79 Å². The van der Waals surface area contributed by atoms with Crippen molar-refractivity contribution in [3.63, 3.8) is 0 Å². The summed E-state index contributed by atoms with van der Waals surface area (Å²) in [7, 11) is 1.49. The predicted molar refractivity (Wildman–Crippen MR) is 161 cm³/mol. The Morgan fingerprint density at radius 1 is 1.22 bits per heavy atom. The Labute approximate surface area is 246 Å². The smallest absolute Gasteiger partial charge is 0.246 e. The van der Waals surface area contributed by atoms with Crippen LogP contribution in [-0.2, 0) is 22.4 Å². The van der Waals surface area contributed by atoms with Crippen LogP contribution in [0, 0.1) is 5.41 Å². The van der Waals surface area contributed by atoms with Crippen LogP contribution in [0.5, 0.6) is 5.88 Å². The average Bonchev–Trinajstić information content (AvgIpc) is 3.45. The van der Waals surface area contributed by atoms with E-state index in [0.717, 1.165) is 53.8 Å². The molecular weight excluding hydrogens is 536 g/mol. The molecule has 0 saturated heterocycles. The number of aliphatic hydroxyl groups is 1. The lowest BCUT2D eigenvalue weighted by Crippen LogP contribution is -2.52. The highest BCUT2D eigenvalue weighted by Gasteiger charge is 2.46. The molecule has 1 saturated carbocycles. The number of thiazole rings is 1. The van der Waals surface area contributed by atoms with Crippen molar-refractivity contribution in [1.82, 2.24) is 20.6 Å². The standard InChI is InChI=1S/C32H42N4O4S/c1-31(2,3)16-22-14-24-26(17-32(10-5-11-32)40-29(24)35-18-22)34-19-27(37)25(36-28(38)20-39-4)15-21-6-8-23(9-7-21)30-33-12-13-41-30/h6-9,12-14,18,25-27,34,37H,5,10-11,15-17,19-20H2,1-4H3,(H,36,38)/t25-,26-,27+/m0/s1. The SMILES string of the molecule is COCC(=O)N[C@@H](Cc1ccc(-c2nccs2)cc1)[C@H](O)CN[C@H]1CC2(CCC2)Oc2ncc(CC(C)(C)C)cc21. The fourth-order valence-corrected chi connectivity index (χ4v) is 6.46. The molecule has 1 aromatic carbocycles. The van der Waals surface area contributed by atoms with Gasteiger partial charge >= 0.3 is 0 Å². The van der Waals surface area contributed by atoms with E-state index in [2.05, 4.69) is 42.5 Å². The zero-order valence-corrected chi connectivity index (χ0v) is 25.3. The topological polar surface area (TPSA) is 106 Å². The first-order valence-corrected chi connectivity index (χ1v) is 15.4. The number of benzene rings is 1. The minimum atomic E-state index is -0.816. The molecule has 41 heavy (non-hydrogen) atoms. The average molecular weight is 579 g/mol. The van der Waals surface area contributed by atoms with Crippen LogP contribution in [0.15, 0.2) is 48.1 Å². The molecule has 2 aromatic heterocycles. The van der Waals surface area contributed by atoms with Crippen LogP contribution in [0.2, 0.25) is 0 Å². The third kappa shape index (κ3) is 7.52. The molecule has 5 rings (SSSR count). The molecular formula is C32H42N4O4S. The molecule has 1 aliphatic heterocycles. The van der Waals surface area contributed by atoms with Crippen LogP contribution in [0.3, 0.4) is 0 Å². The number of methoxy groups -OCH3 is 1. The van der Waals surface area contributed by atoms with Crippen molar-refractivity contribution in [2.45, 2.75) is 83.1 Å². The quantitative estimate of drug-likeness (QED) is 0.298. The van der Waals surface area contributed by atoms with E-state index < -0.39 is 12.1 Å². The first-order valence-electron chi connectivity index (χ1n) is 14.5. The lowest BCUT2D eigenvalue weighted by atomic mass is 9.73. The normalized spacial score (nSPS) is 19.1. The van der Waals surface area contributed by atoms with Gasteiger partial charge in [0.25, 0.3) is 0 Å². The van der Waals surface area contributed by atoms with Crippen LogP contribution in [0.1, 0.15) is 69.2 Å². The van der Waals surface area contributed by atoms with Crippen molar-refractivity contribution in [2.24, 2.45) is 5.41 Å². The van der Waals surface area contributed by atoms with Crippen molar-refractivity contribution in [1.29, 1.82) is 0 Å². The van der Waals surface area contributed by atoms with E-state index in [1.165, 1.54) is 12.7 Å². The van der Waals surface area contributed by atoms with Gasteiger partial charge in [0, 0.05) is 55.0 Å². The van der Waals surface area contributed by atoms with Crippen molar-refractivity contribution in [3.8, 4) is 16.5 Å². The highest BCUT2D eigenvalue weighted by molar-refractivity contribution is 7.13. The number of carbonyl (C=O) groups excluding carboxylic acids is 1. The molecule has 1 spiro atoms. The fraction of sp³-hybridized carbons (Fsp3) is 0.531. The molecule has 3 aromatic rings. The van der Waals surface area contributed by atoms with Gasteiger partial charge in [-0.15, -0.1) is 11.3 Å². The third-order valence-corrected chi connectivity index (χ3v) is 8.77. The van der Waals surface area contributed by atoms with E-state index >= 15 is 0 Å². The number of rotatable bonds is 11. The number of nitrogens with one attached hydrogen (secondary N) is 2. The number of aliphatic hydroxyl groups excluding tert-OH is 1. The molecule has 3 N–H and O–H groups in total. The lowest BCUT2D eigenvalue weighted by Gasteiger charge is -2.47. The van der Waals surface area contributed by atoms with Gasteiger partial charge in [0.15, 0.2) is 0 Å². The van der Waals surface area contributed by atoms with Gasteiger partial charge in [-0.2, -0.15) is 0 Å². The van der Waals surface area contributed by atoms with Crippen molar-refractivity contribution in [2.75, 3.05) is 20.3 Å². The molecule has 2 aliphatic rings. The highest BCUT2D eigenvalue weighted by Crippen LogP contribution is 2.48. The third-order valence-electron chi connectivity index (χ3n) is 7.95. The van der Waals surface area contributed by atoms with Gasteiger partial charge in [-0.1, -0.05) is 45.0 Å². The maximum Gasteiger partial charge on any atom is 0.246 e. The van der Waals surface area contributed by atoms with Gasteiger partial charge in [0.2, 0.25) is 11.8 Å². The van der Waals surface area contributed by atoms with Gasteiger partial charge in [0.1, 0.15) is 17.2 Å². The van der Waals surface area contributed by atoms with E-state index in [9.17, 15) is 9.90 Å². The van der Waals surface area contributed by atoms with E-state index in [-0.39, 0.29) is 29.6 Å². The van der Waals surface area contributed by atoms with Crippen LogP contribution in [0.4, 0.5) is 0 Å². The summed E-state index contributed by atoms with van der Waals surface area (Å²) in [5, 5.41) is 20.9. The largest absolute Gasteiger partial charge is 0.471 e. The summed E-state index contributed by atoms with van der Waals surface area (Å²) >= 11 is 1.59. The summed E-state index contributed by atoms with van der Waals surface area (Å²) in [4.78, 5) is 21.6. The molecule has 3 heterocycles. The summed E-state index contributed by atoms with van der Waals surface area (Å²) in [6, 6.07) is 9.86. The van der Waals surface area contributed by atoms with Crippen LogP contribution < -0.4 is 15.4 Å². The van der Waals surface area contributed by atoms with E-state index in [1.807, 2.05) is 35.8 Å². The van der Waals surface area contributed by atoms with Crippen LogP contribution in [0.25, 0.3) is 10.6 Å². The highest BCUT2D eigenvalue weighted by atomic mass is 32.1. The van der Waals surface area contributed by atoms with E-state index in [1.54, 1.807) is 17.5 Å². The first-order chi connectivity index (χ1) is 19.6. The Hall–Kier alpha value is -2.85. The number of pyridine rings is 1. The molecule has 0 radical (unpaired) electrons. The minimum absolute atomic E-state index is 0.00836. The second-order valence-electron chi connectivity index (χ2n) is 12.7. The number of fused-ring (bicyclic) bond motifs is 1. The first kappa shape index (κ1) is 29.6. The maximum absolute atomic E-state index is 12.5. The van der Waals surface area contributed by atoms with Gasteiger partial charge in [-0.05, 0) is 54.7 Å². The minimum Gasteiger partial charge on any atom is -0.471 e. The van der Waals surface area contributed by atoms with E-state index in [4.69, 9.17) is 14.5 Å². The number of hydrogen-bond acceptors (Lipinski definition) is 8. The number of ether oxygens (including phenoxy) is 2. The molecule has 8 nitrogen and oxygen atoms in total. The Kier molecular flexibility index (Phi) is 9.09. The van der Waals surface area contributed by atoms with Crippen molar-refractivity contribution in [3.05, 3.63) is 64.8 Å². The van der Waals surface area contributed by atoms with Crippen molar-refractivity contribution < 1.29 is 19.4 Å². The lowest BCUT2D eigenvalue weighted by molar-refractivity contribution is -0.126. The second-order valence-corrected chi connectivity index (χ2v) is 13.6. The molecule has 220 valence electrons. The predicted octanol–water partition coefficient (Wildman–Crippen LogP) is 4.86. The number of amides is 1. The zero-order chi connectivity index (χ0) is 29.0. The number of carbonyl (C=O) groups is 1. The number of aromatic nitrogens is 2. The Morgan fingerprint density at radius 2 is 2.00 bits per heavy atom. The van der Waals surface area contributed by atoms with Crippen LogP contribution >= 0.6 is 11.3 Å². The van der Waals surface area contributed by atoms with Gasteiger partial charge in [-0.25, -0.2) is 9.97 Å². The monoisotopic (exact) mass is 578 g/mol. The molecule has 1 fully saturated rings. The Morgan fingerprint density at radius 3 is 2.63 bits per heavy atom. The van der Waals surface area contributed by atoms with Crippen LogP contribution in [-0.4, -0.2) is 59.0 Å². The summed E-state index contributed by atoms with van der Waals surface area (Å²) in [5.41, 5.74) is 4.27. The Bertz CT molecular complexity index is 1300. The molecule has 1 aliphatic carbocycles. The molecule has 1 amide bonds. The summed E-state index contributed by atoms with van der Waals surface area (Å²) in [5.74, 6) is 0.447. The zero-order valence-electron chi connectivity index (χ0n) is 24.5. The number of nitrogens with zero attached hydrogens (tertiary/aromatic N) is 2. The molecule has 0 unspecified atom stereocenters. The van der Waals surface area contributed by atoms with Crippen molar-refractivity contribution >= 4 is 17.2 Å². The van der Waals surface area contributed by atoms with E-state index in [0.29, 0.717) is 18.8 Å². The number of hydrogen-bond donors (Lipinski definition) is 3. The molecule has 3 atom stereocenters. The van der Waals surface area contributed by atoms with Gasteiger partial charge in [0.05, 0.1) is 12.1 Å². The Balaban J connectivity index is 1.31. The molecule has 0 bridgehead atoms. The summed E-state index contributed by atoms with van der Waals surface area (Å²) < 4.78 is 11.5. The summed E-state index contributed by atoms with van der Waals surface area (Å²) in [6.07, 6.45) is 8.36.